The maximum atomic E-state index is 12.1. The second-order valence-corrected chi connectivity index (χ2v) is 8.43. The molecule has 0 saturated heterocycles. The lowest BCUT2D eigenvalue weighted by molar-refractivity contribution is -0.121. The van der Waals surface area contributed by atoms with Gasteiger partial charge in [-0.2, -0.15) is 0 Å². The molecule has 0 aliphatic carbocycles. The van der Waals surface area contributed by atoms with Crippen LogP contribution in [0.3, 0.4) is 0 Å². The van der Waals surface area contributed by atoms with Gasteiger partial charge >= 0.3 is 0 Å². The van der Waals surface area contributed by atoms with Gasteiger partial charge in [0.15, 0.2) is 0 Å². The predicted octanol–water partition coefficient (Wildman–Crippen LogP) is 2.31. The van der Waals surface area contributed by atoms with Crippen LogP contribution in [-0.4, -0.2) is 25.9 Å². The van der Waals surface area contributed by atoms with Crippen LogP contribution in [0, 0.1) is 13.8 Å². The number of nitrogens with zero attached hydrogens (tertiary/aromatic N) is 1. The molecule has 2 aromatic rings. The Kier molecular flexibility index (Phi) is 6.09. The first kappa shape index (κ1) is 18.6. The fourth-order valence-electron chi connectivity index (χ4n) is 2.31. The largest absolute Gasteiger partial charge is 0.349 e. The van der Waals surface area contributed by atoms with Crippen LogP contribution in [0.1, 0.15) is 35.0 Å². The van der Waals surface area contributed by atoms with Crippen LogP contribution >= 0.6 is 11.3 Å². The van der Waals surface area contributed by atoms with Crippen LogP contribution in [0.2, 0.25) is 0 Å². The van der Waals surface area contributed by atoms with Gasteiger partial charge in [0.25, 0.3) is 0 Å². The number of aromatic nitrogens is 1. The van der Waals surface area contributed by atoms with E-state index in [1.165, 1.54) is 12.1 Å². The van der Waals surface area contributed by atoms with Gasteiger partial charge in [-0.05, 0) is 32.9 Å². The molecule has 0 aliphatic rings. The molecule has 0 aliphatic heterocycles. The summed E-state index contributed by atoms with van der Waals surface area (Å²) in [5, 5.41) is 3.83. The molecule has 1 amide bonds. The van der Waals surface area contributed by atoms with Gasteiger partial charge in [0.2, 0.25) is 15.9 Å². The predicted molar refractivity (Wildman–Crippen MR) is 94.4 cm³/mol. The van der Waals surface area contributed by atoms with E-state index in [1.54, 1.807) is 29.5 Å². The summed E-state index contributed by atoms with van der Waals surface area (Å²) in [6.07, 6.45) is 0.0766. The van der Waals surface area contributed by atoms with E-state index in [9.17, 15) is 13.2 Å². The number of amides is 1. The van der Waals surface area contributed by atoms with Gasteiger partial charge in [-0.3, -0.25) is 4.79 Å². The molecule has 2 N–H and O–H groups in total. The van der Waals surface area contributed by atoms with Crippen molar-refractivity contribution in [3.05, 3.63) is 45.9 Å². The minimum atomic E-state index is -3.58. The lowest BCUT2D eigenvalue weighted by atomic mass is 10.2. The quantitative estimate of drug-likeness (QED) is 0.786. The maximum absolute atomic E-state index is 12.1. The van der Waals surface area contributed by atoms with Gasteiger partial charge in [0.05, 0.1) is 21.6 Å². The average molecular weight is 367 g/mol. The summed E-state index contributed by atoms with van der Waals surface area (Å²) < 4.78 is 26.5. The number of rotatable bonds is 7. The molecule has 1 aromatic heterocycles. The minimum absolute atomic E-state index is 0.0521. The van der Waals surface area contributed by atoms with Crippen molar-refractivity contribution in [2.24, 2.45) is 0 Å². The molecule has 0 radical (unpaired) electrons. The molecule has 24 heavy (non-hydrogen) atoms. The third-order valence-corrected chi connectivity index (χ3v) is 6.14. The molecular formula is C16H21N3O3S2. The lowest BCUT2D eigenvalue weighted by Crippen LogP contribution is -2.32. The molecular weight excluding hydrogens is 346 g/mol. The molecule has 0 spiro atoms. The average Bonchev–Trinajstić information content (AvgIpc) is 2.86. The van der Waals surface area contributed by atoms with Crippen LogP contribution in [0.5, 0.6) is 0 Å². The lowest BCUT2D eigenvalue weighted by Gasteiger charge is -2.13. The zero-order valence-electron chi connectivity index (χ0n) is 13.9. The van der Waals surface area contributed by atoms with Crippen LogP contribution in [0.15, 0.2) is 35.2 Å². The van der Waals surface area contributed by atoms with E-state index >= 15 is 0 Å². The zero-order chi connectivity index (χ0) is 17.7. The third-order valence-electron chi connectivity index (χ3n) is 3.41. The number of hydrogen-bond donors (Lipinski definition) is 2. The molecule has 130 valence electrons. The van der Waals surface area contributed by atoms with Gasteiger partial charge in [-0.15, -0.1) is 11.3 Å². The number of thiazole rings is 1. The Labute approximate surface area is 146 Å². The Morgan fingerprint density at radius 3 is 2.50 bits per heavy atom. The highest BCUT2D eigenvalue weighted by atomic mass is 32.2. The Balaban J connectivity index is 1.84. The molecule has 0 bridgehead atoms. The van der Waals surface area contributed by atoms with Gasteiger partial charge in [0, 0.05) is 17.8 Å². The Bertz CT molecular complexity index is 801. The Morgan fingerprint density at radius 1 is 1.25 bits per heavy atom. The molecule has 0 fully saturated rings. The van der Waals surface area contributed by atoms with E-state index in [1.807, 2.05) is 20.8 Å². The fraction of sp³-hybridized carbons (Fsp3) is 0.375. The van der Waals surface area contributed by atoms with Crippen LogP contribution < -0.4 is 10.0 Å². The molecule has 6 nitrogen and oxygen atoms in total. The van der Waals surface area contributed by atoms with E-state index in [-0.39, 0.29) is 29.8 Å². The number of sulfonamides is 1. The van der Waals surface area contributed by atoms with Crippen LogP contribution in [0.4, 0.5) is 0 Å². The van der Waals surface area contributed by atoms with E-state index in [2.05, 4.69) is 15.0 Å². The number of carbonyl (C=O) groups excluding carboxylic acids is 1. The first-order valence-electron chi connectivity index (χ1n) is 7.57. The molecule has 0 unspecified atom stereocenters. The molecule has 0 saturated carbocycles. The Hall–Kier alpha value is -1.77. The van der Waals surface area contributed by atoms with Crippen molar-refractivity contribution in [3.8, 4) is 0 Å². The third kappa shape index (κ3) is 4.86. The molecule has 1 atom stereocenters. The molecule has 1 aromatic carbocycles. The van der Waals surface area contributed by atoms with Crippen molar-refractivity contribution < 1.29 is 13.2 Å². The van der Waals surface area contributed by atoms with Crippen molar-refractivity contribution in [1.82, 2.24) is 15.0 Å². The summed E-state index contributed by atoms with van der Waals surface area (Å²) in [6.45, 7) is 5.78. The van der Waals surface area contributed by atoms with E-state index in [4.69, 9.17) is 0 Å². The van der Waals surface area contributed by atoms with Crippen molar-refractivity contribution in [1.29, 1.82) is 0 Å². The highest BCUT2D eigenvalue weighted by molar-refractivity contribution is 7.89. The smallest absolute Gasteiger partial charge is 0.240 e. The fourth-order valence-corrected chi connectivity index (χ4v) is 4.29. The van der Waals surface area contributed by atoms with E-state index in [0.717, 1.165) is 15.6 Å². The first-order chi connectivity index (χ1) is 11.3. The molecule has 2 rings (SSSR count). The van der Waals surface area contributed by atoms with Gasteiger partial charge < -0.3 is 5.32 Å². The normalized spacial score (nSPS) is 12.8. The number of carbonyl (C=O) groups is 1. The number of aryl methyl sites for hydroxylation is 2. The second kappa shape index (κ2) is 7.87. The number of benzene rings is 1. The van der Waals surface area contributed by atoms with Gasteiger partial charge in [-0.1, -0.05) is 18.2 Å². The van der Waals surface area contributed by atoms with E-state index < -0.39 is 10.0 Å². The summed E-state index contributed by atoms with van der Waals surface area (Å²) in [5.74, 6) is -0.205. The highest BCUT2D eigenvalue weighted by Gasteiger charge is 2.17. The summed E-state index contributed by atoms with van der Waals surface area (Å²) in [6, 6.07) is 7.94. The zero-order valence-corrected chi connectivity index (χ0v) is 15.5. The van der Waals surface area contributed by atoms with Gasteiger partial charge in [-0.25, -0.2) is 18.1 Å². The maximum Gasteiger partial charge on any atom is 0.240 e. The summed E-state index contributed by atoms with van der Waals surface area (Å²) in [4.78, 5) is 17.6. The summed E-state index contributed by atoms with van der Waals surface area (Å²) >= 11 is 1.55. The van der Waals surface area contributed by atoms with Crippen LogP contribution in [-0.2, 0) is 14.8 Å². The highest BCUT2D eigenvalue weighted by Crippen LogP contribution is 2.24. The first-order valence-corrected chi connectivity index (χ1v) is 9.87. The SMILES string of the molecule is Cc1nc(C)c([C@@H](C)NC(=O)CCNS(=O)(=O)c2ccccc2)s1. The van der Waals surface area contributed by atoms with E-state index in [0.29, 0.717) is 0 Å². The number of hydrogen-bond acceptors (Lipinski definition) is 5. The van der Waals surface area contributed by atoms with Crippen molar-refractivity contribution in [2.75, 3.05) is 6.54 Å². The topological polar surface area (TPSA) is 88.2 Å². The Morgan fingerprint density at radius 2 is 1.92 bits per heavy atom. The molecule has 1 heterocycles. The van der Waals surface area contributed by atoms with Crippen molar-refractivity contribution >= 4 is 27.3 Å². The monoisotopic (exact) mass is 367 g/mol. The van der Waals surface area contributed by atoms with Crippen molar-refractivity contribution in [3.63, 3.8) is 0 Å². The van der Waals surface area contributed by atoms with Gasteiger partial charge in [0.1, 0.15) is 0 Å². The molecule has 8 heteroatoms. The van der Waals surface area contributed by atoms with Crippen LogP contribution in [0.25, 0.3) is 0 Å². The standard InChI is InChI=1S/C16H21N3O3S2/c1-11-16(23-13(3)18-11)12(2)19-15(20)9-10-17-24(21,22)14-7-5-4-6-8-14/h4-8,12,17H,9-10H2,1-3H3,(H,19,20)/t12-/m1/s1. The summed E-state index contributed by atoms with van der Waals surface area (Å²) in [7, 11) is -3.58. The number of nitrogens with one attached hydrogen (secondary N) is 2. The summed E-state index contributed by atoms with van der Waals surface area (Å²) in [5.41, 5.74) is 0.912. The minimum Gasteiger partial charge on any atom is -0.349 e. The second-order valence-electron chi connectivity index (χ2n) is 5.43. The van der Waals surface area contributed by atoms with Crippen molar-refractivity contribution in [2.45, 2.75) is 38.1 Å².